The van der Waals surface area contributed by atoms with Gasteiger partial charge in [0.1, 0.15) is 18.4 Å². The van der Waals surface area contributed by atoms with Crippen LogP contribution in [0.15, 0.2) is 48.5 Å². The molecule has 2 aromatic rings. The second-order valence-corrected chi connectivity index (χ2v) is 8.01. The summed E-state index contributed by atoms with van der Waals surface area (Å²) in [5.41, 5.74) is 1.15. The standard InChI is InChI=1S/C18H15ClN4O3S/c19-15-4-6-16(7-5-15)23-18(13-22(10-8-20)27(23,24)25)14-2-1-3-17(12-14)26-11-9-21/h1-7,12,18H,10-11,13H2/t18-/m1/s1. The number of hydrogen-bond acceptors (Lipinski definition) is 5. The molecule has 1 heterocycles. The van der Waals surface area contributed by atoms with Crippen LogP contribution in [0.5, 0.6) is 5.75 Å². The van der Waals surface area contributed by atoms with Crippen LogP contribution in [0.25, 0.3) is 0 Å². The molecule has 1 saturated heterocycles. The number of anilines is 1. The van der Waals surface area contributed by atoms with E-state index >= 15 is 0 Å². The summed E-state index contributed by atoms with van der Waals surface area (Å²) in [4.78, 5) is 0. The van der Waals surface area contributed by atoms with Crippen LogP contribution in [0, 0.1) is 22.7 Å². The molecule has 27 heavy (non-hydrogen) atoms. The van der Waals surface area contributed by atoms with E-state index in [9.17, 15) is 8.42 Å². The molecule has 2 aromatic carbocycles. The number of nitriles is 2. The Morgan fingerprint density at radius 3 is 2.56 bits per heavy atom. The molecule has 0 aromatic heterocycles. The van der Waals surface area contributed by atoms with Gasteiger partial charge in [-0.25, -0.2) is 4.31 Å². The quantitative estimate of drug-likeness (QED) is 0.716. The molecule has 0 unspecified atom stereocenters. The molecule has 0 spiro atoms. The predicted molar refractivity (Wildman–Crippen MR) is 100 cm³/mol. The topological polar surface area (TPSA) is 97.4 Å². The molecule has 1 atom stereocenters. The van der Waals surface area contributed by atoms with Crippen LogP contribution in [-0.2, 0) is 10.2 Å². The number of hydrogen-bond donors (Lipinski definition) is 0. The van der Waals surface area contributed by atoms with Crippen molar-refractivity contribution in [3.05, 3.63) is 59.1 Å². The van der Waals surface area contributed by atoms with Crippen LogP contribution in [0.2, 0.25) is 5.02 Å². The van der Waals surface area contributed by atoms with Crippen molar-refractivity contribution in [1.29, 1.82) is 10.5 Å². The van der Waals surface area contributed by atoms with E-state index in [1.54, 1.807) is 48.5 Å². The highest BCUT2D eigenvalue weighted by atomic mass is 35.5. The summed E-state index contributed by atoms with van der Waals surface area (Å²) in [6.07, 6.45) is 0. The van der Waals surface area contributed by atoms with Crippen molar-refractivity contribution in [2.45, 2.75) is 6.04 Å². The van der Waals surface area contributed by atoms with Crippen molar-refractivity contribution in [2.24, 2.45) is 0 Å². The van der Waals surface area contributed by atoms with Crippen LogP contribution in [0.3, 0.4) is 0 Å². The Kier molecular flexibility index (Phi) is 5.52. The van der Waals surface area contributed by atoms with Gasteiger partial charge in [0.25, 0.3) is 0 Å². The summed E-state index contributed by atoms with van der Waals surface area (Å²) in [6.45, 7) is -0.221. The van der Waals surface area contributed by atoms with Gasteiger partial charge < -0.3 is 4.74 Å². The summed E-state index contributed by atoms with van der Waals surface area (Å²) < 4.78 is 33.7. The monoisotopic (exact) mass is 402 g/mol. The first-order valence-electron chi connectivity index (χ1n) is 7.99. The lowest BCUT2D eigenvalue weighted by Crippen LogP contribution is -2.33. The zero-order valence-electron chi connectivity index (χ0n) is 14.1. The van der Waals surface area contributed by atoms with Crippen LogP contribution in [0.4, 0.5) is 5.69 Å². The maximum atomic E-state index is 13.0. The van der Waals surface area contributed by atoms with E-state index in [1.165, 1.54) is 4.31 Å². The predicted octanol–water partition coefficient (Wildman–Crippen LogP) is 2.87. The summed E-state index contributed by atoms with van der Waals surface area (Å²) in [5.74, 6) is 0.473. The van der Waals surface area contributed by atoms with E-state index in [0.717, 1.165) is 4.31 Å². The van der Waals surface area contributed by atoms with Crippen LogP contribution >= 0.6 is 11.6 Å². The van der Waals surface area contributed by atoms with Gasteiger partial charge in [0.05, 0.1) is 17.8 Å². The molecule has 0 N–H and O–H groups in total. The number of halogens is 1. The Balaban J connectivity index is 2.05. The fourth-order valence-electron chi connectivity index (χ4n) is 2.94. The van der Waals surface area contributed by atoms with Crippen molar-refractivity contribution < 1.29 is 13.2 Å². The van der Waals surface area contributed by atoms with Crippen LogP contribution < -0.4 is 9.04 Å². The number of ether oxygens (including phenoxy) is 1. The van der Waals surface area contributed by atoms with Crippen molar-refractivity contribution in [3.8, 4) is 17.9 Å². The van der Waals surface area contributed by atoms with Gasteiger partial charge in [0.15, 0.2) is 6.61 Å². The molecule has 0 amide bonds. The zero-order chi connectivity index (χ0) is 19.4. The van der Waals surface area contributed by atoms with Gasteiger partial charge >= 0.3 is 10.2 Å². The lowest BCUT2D eigenvalue weighted by atomic mass is 10.1. The molecule has 0 bridgehead atoms. The lowest BCUT2D eigenvalue weighted by molar-refractivity contribution is 0.367. The first-order chi connectivity index (χ1) is 13.0. The molecule has 138 valence electrons. The summed E-state index contributed by atoms with van der Waals surface area (Å²) in [7, 11) is -3.88. The molecular weight excluding hydrogens is 388 g/mol. The van der Waals surface area contributed by atoms with Gasteiger partial charge in [0.2, 0.25) is 0 Å². The maximum Gasteiger partial charge on any atom is 0.305 e. The van der Waals surface area contributed by atoms with E-state index in [4.69, 9.17) is 26.9 Å². The minimum Gasteiger partial charge on any atom is -0.479 e. The SMILES string of the molecule is N#CCOc1cccc([C@H]2CN(CC#N)S(=O)(=O)N2c2ccc(Cl)cc2)c1. The Morgan fingerprint density at radius 2 is 1.89 bits per heavy atom. The Bertz CT molecular complexity index is 1010. The first kappa shape index (κ1) is 19.0. The van der Waals surface area contributed by atoms with Crippen molar-refractivity contribution in [2.75, 3.05) is 24.0 Å². The van der Waals surface area contributed by atoms with Gasteiger partial charge in [0, 0.05) is 11.6 Å². The largest absolute Gasteiger partial charge is 0.479 e. The highest BCUT2D eigenvalue weighted by Gasteiger charge is 2.44. The van der Waals surface area contributed by atoms with Gasteiger partial charge in [-0.3, -0.25) is 0 Å². The van der Waals surface area contributed by atoms with Crippen molar-refractivity contribution in [1.82, 2.24) is 4.31 Å². The molecule has 7 nitrogen and oxygen atoms in total. The maximum absolute atomic E-state index is 13.0. The normalized spacial score (nSPS) is 18.6. The van der Waals surface area contributed by atoms with Crippen LogP contribution in [-0.4, -0.2) is 32.4 Å². The second-order valence-electron chi connectivity index (χ2n) is 5.77. The molecule has 0 aliphatic carbocycles. The highest BCUT2D eigenvalue weighted by molar-refractivity contribution is 7.90. The van der Waals surface area contributed by atoms with E-state index in [0.29, 0.717) is 22.0 Å². The summed E-state index contributed by atoms with van der Waals surface area (Å²) in [5, 5.41) is 18.2. The second kappa shape index (κ2) is 7.85. The molecule has 3 rings (SSSR count). The molecular formula is C18H15ClN4O3S. The smallest absolute Gasteiger partial charge is 0.305 e. The first-order valence-corrected chi connectivity index (χ1v) is 9.76. The third-order valence-corrected chi connectivity index (χ3v) is 6.25. The van der Waals surface area contributed by atoms with Crippen LogP contribution in [0.1, 0.15) is 11.6 Å². The van der Waals surface area contributed by atoms with Gasteiger partial charge in [-0.05, 0) is 42.0 Å². The van der Waals surface area contributed by atoms with E-state index in [-0.39, 0.29) is 19.7 Å². The number of nitrogens with zero attached hydrogens (tertiary/aromatic N) is 4. The molecule has 1 fully saturated rings. The highest BCUT2D eigenvalue weighted by Crippen LogP contribution is 2.39. The molecule has 0 radical (unpaired) electrons. The molecule has 9 heteroatoms. The van der Waals surface area contributed by atoms with Gasteiger partial charge in [-0.15, -0.1) is 0 Å². The summed E-state index contributed by atoms with van der Waals surface area (Å²) >= 11 is 5.93. The van der Waals surface area contributed by atoms with E-state index < -0.39 is 16.3 Å². The van der Waals surface area contributed by atoms with Crippen molar-refractivity contribution >= 4 is 27.5 Å². The van der Waals surface area contributed by atoms with Crippen molar-refractivity contribution in [3.63, 3.8) is 0 Å². The average molecular weight is 403 g/mol. The Labute approximate surface area is 162 Å². The minimum atomic E-state index is -3.88. The Morgan fingerprint density at radius 1 is 1.15 bits per heavy atom. The summed E-state index contributed by atoms with van der Waals surface area (Å²) in [6, 6.07) is 16.7. The van der Waals surface area contributed by atoms with Gasteiger partial charge in [-0.1, -0.05) is 23.7 Å². The number of rotatable bonds is 5. The fraction of sp³-hybridized carbons (Fsp3) is 0.222. The van der Waals surface area contributed by atoms with E-state index in [2.05, 4.69) is 0 Å². The van der Waals surface area contributed by atoms with Gasteiger partial charge in [-0.2, -0.15) is 23.2 Å². The Hall–Kier alpha value is -2.78. The third-order valence-electron chi connectivity index (χ3n) is 4.11. The third kappa shape index (κ3) is 3.83. The van der Waals surface area contributed by atoms with E-state index in [1.807, 2.05) is 12.1 Å². The zero-order valence-corrected chi connectivity index (χ0v) is 15.7. The fourth-order valence-corrected chi connectivity index (χ4v) is 4.76. The average Bonchev–Trinajstić information content (AvgIpc) is 2.92. The number of benzene rings is 2. The lowest BCUT2D eigenvalue weighted by Gasteiger charge is -2.25. The minimum absolute atomic E-state index is 0.103. The molecule has 0 saturated carbocycles. The molecule has 1 aliphatic heterocycles. The molecule has 1 aliphatic rings.